The molecule has 28 heavy (non-hydrogen) atoms. The van der Waals surface area contributed by atoms with Gasteiger partial charge in [0.25, 0.3) is 10.0 Å². The van der Waals surface area contributed by atoms with E-state index in [0.717, 1.165) is 16.4 Å². The van der Waals surface area contributed by atoms with Crippen LogP contribution in [0.5, 0.6) is 0 Å². The Morgan fingerprint density at radius 3 is 2.29 bits per heavy atom. The first-order valence-electron chi connectivity index (χ1n) is 8.47. The van der Waals surface area contributed by atoms with Crippen LogP contribution < -0.4 is 9.62 Å². The van der Waals surface area contributed by atoms with Gasteiger partial charge >= 0.3 is 0 Å². The number of para-hydroxylation sites is 1. The fraction of sp³-hybridized carbons (Fsp3) is 0.100. The number of pyridine rings is 1. The van der Waals surface area contributed by atoms with Crippen molar-refractivity contribution in [3.63, 3.8) is 0 Å². The molecule has 1 aromatic heterocycles. The molecule has 6 nitrogen and oxygen atoms in total. The summed E-state index contributed by atoms with van der Waals surface area (Å²) in [6.45, 7) is -0.241. The number of carbonyl (C=O) groups excluding carboxylic acids is 1. The molecule has 0 saturated heterocycles. The zero-order valence-electron chi connectivity index (χ0n) is 14.8. The van der Waals surface area contributed by atoms with Crippen LogP contribution in [0.25, 0.3) is 0 Å². The monoisotopic (exact) mass is 399 g/mol. The van der Waals surface area contributed by atoms with Crippen LogP contribution in [0.15, 0.2) is 83.9 Å². The maximum absolute atomic E-state index is 13.2. The number of nitrogens with one attached hydrogen (secondary N) is 1. The van der Waals surface area contributed by atoms with Crippen molar-refractivity contribution in [3.8, 4) is 0 Å². The average molecular weight is 399 g/mol. The van der Waals surface area contributed by atoms with Crippen LogP contribution in [0.3, 0.4) is 0 Å². The Morgan fingerprint density at radius 1 is 0.964 bits per heavy atom. The molecule has 0 atom stereocenters. The second-order valence-corrected chi connectivity index (χ2v) is 7.76. The summed E-state index contributed by atoms with van der Waals surface area (Å²) in [5.74, 6) is -1.03. The van der Waals surface area contributed by atoms with Crippen molar-refractivity contribution < 1.29 is 17.6 Å². The van der Waals surface area contributed by atoms with E-state index in [1.807, 2.05) is 0 Å². The summed E-state index contributed by atoms with van der Waals surface area (Å²) in [5, 5.41) is 2.66. The number of sulfonamides is 1. The van der Waals surface area contributed by atoms with Gasteiger partial charge in [-0.25, -0.2) is 12.8 Å². The lowest BCUT2D eigenvalue weighted by Gasteiger charge is -2.24. The highest BCUT2D eigenvalue weighted by molar-refractivity contribution is 7.92. The predicted molar refractivity (Wildman–Crippen MR) is 103 cm³/mol. The Hall–Kier alpha value is -3.26. The van der Waals surface area contributed by atoms with Gasteiger partial charge in [-0.05, 0) is 48.5 Å². The lowest BCUT2D eigenvalue weighted by atomic mass is 10.3. The molecule has 0 fully saturated rings. The van der Waals surface area contributed by atoms with Gasteiger partial charge in [0.2, 0.25) is 5.91 Å². The van der Waals surface area contributed by atoms with Crippen LogP contribution in [0.4, 0.5) is 10.1 Å². The number of hydrogen-bond donors (Lipinski definition) is 1. The molecule has 1 heterocycles. The summed E-state index contributed by atoms with van der Waals surface area (Å²) in [6, 6.07) is 18.1. The molecule has 0 aliphatic rings. The van der Waals surface area contributed by atoms with E-state index in [9.17, 15) is 17.6 Å². The molecule has 0 bridgehead atoms. The first kappa shape index (κ1) is 19.5. The fourth-order valence-corrected chi connectivity index (χ4v) is 3.94. The molecule has 3 rings (SSSR count). The van der Waals surface area contributed by atoms with Gasteiger partial charge < -0.3 is 5.32 Å². The van der Waals surface area contributed by atoms with Gasteiger partial charge in [0.15, 0.2) is 0 Å². The Labute approximate surface area is 162 Å². The lowest BCUT2D eigenvalue weighted by molar-refractivity contribution is -0.119. The minimum Gasteiger partial charge on any atom is -0.349 e. The van der Waals surface area contributed by atoms with E-state index >= 15 is 0 Å². The van der Waals surface area contributed by atoms with Gasteiger partial charge in [-0.1, -0.05) is 24.3 Å². The van der Waals surface area contributed by atoms with E-state index in [-0.39, 0.29) is 11.4 Å². The average Bonchev–Trinajstić information content (AvgIpc) is 2.72. The Balaban J connectivity index is 1.83. The minimum atomic E-state index is -4.06. The first-order chi connectivity index (χ1) is 13.5. The number of halogens is 1. The zero-order valence-corrected chi connectivity index (χ0v) is 15.6. The van der Waals surface area contributed by atoms with Crippen molar-refractivity contribution in [2.24, 2.45) is 0 Å². The summed E-state index contributed by atoms with van der Waals surface area (Å²) >= 11 is 0. The number of benzene rings is 2. The van der Waals surface area contributed by atoms with Crippen molar-refractivity contribution in [3.05, 3.63) is 90.5 Å². The maximum Gasteiger partial charge on any atom is 0.264 e. The number of rotatable bonds is 7. The third-order valence-electron chi connectivity index (χ3n) is 3.93. The highest BCUT2D eigenvalue weighted by atomic mass is 32.2. The van der Waals surface area contributed by atoms with Crippen molar-refractivity contribution in [2.45, 2.75) is 11.4 Å². The number of anilines is 1. The SMILES string of the molecule is O=C(CN(c1ccccc1)S(=O)(=O)c1ccc(F)cc1)NCc1ccccn1. The van der Waals surface area contributed by atoms with E-state index in [4.69, 9.17) is 0 Å². The van der Waals surface area contributed by atoms with Crippen molar-refractivity contribution >= 4 is 21.6 Å². The van der Waals surface area contributed by atoms with Crippen LogP contribution in [0, 0.1) is 5.82 Å². The smallest absolute Gasteiger partial charge is 0.264 e. The quantitative estimate of drug-likeness (QED) is 0.663. The molecule has 3 aromatic rings. The summed E-state index contributed by atoms with van der Waals surface area (Å²) in [6.07, 6.45) is 1.61. The predicted octanol–water partition coefficient (Wildman–Crippen LogP) is 2.73. The van der Waals surface area contributed by atoms with Crippen molar-refractivity contribution in [1.82, 2.24) is 10.3 Å². The number of hydrogen-bond acceptors (Lipinski definition) is 4. The Kier molecular flexibility index (Phi) is 6.00. The molecule has 1 N–H and O–H groups in total. The molecule has 0 spiro atoms. The molecule has 144 valence electrons. The largest absolute Gasteiger partial charge is 0.349 e. The zero-order chi connectivity index (χ0) is 20.0. The van der Waals surface area contributed by atoms with Gasteiger partial charge in [-0.15, -0.1) is 0 Å². The molecule has 1 amide bonds. The summed E-state index contributed by atoms with van der Waals surface area (Å²) in [4.78, 5) is 16.4. The number of aromatic nitrogens is 1. The molecule has 0 unspecified atom stereocenters. The number of nitrogens with zero attached hydrogens (tertiary/aromatic N) is 2. The standard InChI is InChI=1S/C20H18FN3O3S/c21-16-9-11-19(12-10-16)28(26,27)24(18-7-2-1-3-8-18)15-20(25)23-14-17-6-4-5-13-22-17/h1-13H,14-15H2,(H,23,25). The van der Waals surface area contributed by atoms with E-state index in [2.05, 4.69) is 10.3 Å². The summed E-state index contributed by atoms with van der Waals surface area (Å²) < 4.78 is 40.3. The van der Waals surface area contributed by atoms with Crippen LogP contribution in [0.2, 0.25) is 0 Å². The van der Waals surface area contributed by atoms with E-state index in [0.29, 0.717) is 11.4 Å². The molecule has 0 radical (unpaired) electrons. The van der Waals surface area contributed by atoms with Gasteiger partial charge in [-0.2, -0.15) is 0 Å². The van der Waals surface area contributed by atoms with E-state index < -0.39 is 28.3 Å². The topological polar surface area (TPSA) is 79.4 Å². The fourth-order valence-electron chi connectivity index (χ4n) is 2.52. The molecular weight excluding hydrogens is 381 g/mol. The van der Waals surface area contributed by atoms with Crippen molar-refractivity contribution in [2.75, 3.05) is 10.8 Å². The highest BCUT2D eigenvalue weighted by Gasteiger charge is 2.27. The maximum atomic E-state index is 13.2. The van der Waals surface area contributed by atoms with Crippen molar-refractivity contribution in [1.29, 1.82) is 0 Å². The third-order valence-corrected chi connectivity index (χ3v) is 5.71. The second-order valence-electron chi connectivity index (χ2n) is 5.90. The van der Waals surface area contributed by atoms with Gasteiger partial charge in [0.1, 0.15) is 12.4 Å². The molecule has 0 aliphatic carbocycles. The minimum absolute atomic E-state index is 0.102. The van der Waals surface area contributed by atoms with Crippen LogP contribution in [-0.2, 0) is 21.4 Å². The number of carbonyl (C=O) groups is 1. The van der Waals surface area contributed by atoms with Gasteiger partial charge in [0, 0.05) is 6.20 Å². The molecular formula is C20H18FN3O3S. The third kappa shape index (κ3) is 4.72. The first-order valence-corrected chi connectivity index (χ1v) is 9.91. The van der Waals surface area contributed by atoms with E-state index in [1.54, 1.807) is 54.7 Å². The molecule has 2 aromatic carbocycles. The summed E-state index contributed by atoms with van der Waals surface area (Å²) in [7, 11) is -4.06. The van der Waals surface area contributed by atoms with Gasteiger partial charge in [0.05, 0.1) is 22.8 Å². The lowest BCUT2D eigenvalue weighted by Crippen LogP contribution is -2.40. The molecule has 0 saturated carbocycles. The van der Waals surface area contributed by atoms with Crippen LogP contribution in [0.1, 0.15) is 5.69 Å². The second kappa shape index (κ2) is 8.62. The molecule has 8 heteroatoms. The summed E-state index contributed by atoms with van der Waals surface area (Å²) in [5.41, 5.74) is 0.989. The van der Waals surface area contributed by atoms with Gasteiger partial charge in [-0.3, -0.25) is 14.1 Å². The Bertz CT molecular complexity index is 1030. The number of amides is 1. The normalized spacial score (nSPS) is 11.0. The van der Waals surface area contributed by atoms with E-state index in [1.165, 1.54) is 12.1 Å². The highest BCUT2D eigenvalue weighted by Crippen LogP contribution is 2.23. The molecule has 0 aliphatic heterocycles. The van der Waals surface area contributed by atoms with Crippen LogP contribution in [-0.4, -0.2) is 25.9 Å². The Morgan fingerprint density at radius 2 is 1.64 bits per heavy atom. The van der Waals surface area contributed by atoms with Crippen LogP contribution >= 0.6 is 0 Å².